The van der Waals surface area contributed by atoms with Gasteiger partial charge in [0, 0.05) is 7.05 Å². The molecular weight excluding hydrogens is 306 g/mol. The van der Waals surface area contributed by atoms with Gasteiger partial charge in [-0.1, -0.05) is 18.2 Å². The molecule has 3 heterocycles. The van der Waals surface area contributed by atoms with Crippen LogP contribution < -0.4 is 10.5 Å². The molecular formula is C17H15N5O2. The monoisotopic (exact) mass is 321 g/mol. The molecule has 0 saturated carbocycles. The number of nitrogens with one attached hydrogen (secondary N) is 1. The molecule has 4 rings (SSSR count). The average Bonchev–Trinajstić information content (AvgIpc) is 3.25. The van der Waals surface area contributed by atoms with Gasteiger partial charge in [-0.2, -0.15) is 10.1 Å². The molecule has 1 N–H and O–H groups in total. The highest BCUT2D eigenvalue weighted by molar-refractivity contribution is 5.76. The lowest BCUT2D eigenvalue weighted by molar-refractivity contribution is 0.506. The molecule has 0 saturated heterocycles. The summed E-state index contributed by atoms with van der Waals surface area (Å²) < 4.78 is 7.00. The number of fused-ring (bicyclic) bond motifs is 1. The van der Waals surface area contributed by atoms with Crippen molar-refractivity contribution >= 4 is 17.0 Å². The quantitative estimate of drug-likeness (QED) is 0.624. The minimum absolute atomic E-state index is 0.219. The van der Waals surface area contributed by atoms with Gasteiger partial charge in [0.25, 0.3) is 5.56 Å². The van der Waals surface area contributed by atoms with E-state index in [-0.39, 0.29) is 5.56 Å². The van der Waals surface area contributed by atoms with E-state index in [1.807, 2.05) is 54.4 Å². The molecule has 0 fully saturated rings. The summed E-state index contributed by atoms with van der Waals surface area (Å²) in [5, 5.41) is 4.75. The molecule has 0 amide bonds. The van der Waals surface area contributed by atoms with Crippen molar-refractivity contribution in [1.29, 1.82) is 0 Å². The van der Waals surface area contributed by atoms with Crippen LogP contribution >= 0.6 is 0 Å². The van der Waals surface area contributed by atoms with Crippen molar-refractivity contribution in [2.75, 3.05) is 11.9 Å². The van der Waals surface area contributed by atoms with Crippen molar-refractivity contribution in [3.05, 3.63) is 71.0 Å². The fourth-order valence-electron chi connectivity index (χ4n) is 2.56. The van der Waals surface area contributed by atoms with Crippen LogP contribution in [0.1, 0.15) is 5.76 Å². The van der Waals surface area contributed by atoms with E-state index >= 15 is 0 Å². The second-order valence-electron chi connectivity index (χ2n) is 5.45. The third-order valence-electron chi connectivity index (χ3n) is 3.76. The van der Waals surface area contributed by atoms with Gasteiger partial charge in [-0.15, -0.1) is 0 Å². The molecule has 4 aromatic rings. The number of furan rings is 1. The Morgan fingerprint density at radius 1 is 1.21 bits per heavy atom. The first-order valence-corrected chi connectivity index (χ1v) is 7.49. The maximum atomic E-state index is 12.4. The Morgan fingerprint density at radius 3 is 2.79 bits per heavy atom. The van der Waals surface area contributed by atoms with E-state index in [1.54, 1.807) is 10.9 Å². The van der Waals surface area contributed by atoms with Gasteiger partial charge in [0.15, 0.2) is 5.65 Å². The van der Waals surface area contributed by atoms with Crippen LogP contribution in [-0.4, -0.2) is 26.8 Å². The average molecular weight is 321 g/mol. The number of para-hydroxylation sites is 1. The lowest BCUT2D eigenvalue weighted by atomic mass is 10.3. The first-order valence-electron chi connectivity index (χ1n) is 7.49. The van der Waals surface area contributed by atoms with Gasteiger partial charge in [-0.05, 0) is 24.3 Å². The highest BCUT2D eigenvalue weighted by Gasteiger charge is 2.14. The number of rotatable bonds is 4. The van der Waals surface area contributed by atoms with E-state index in [0.29, 0.717) is 23.5 Å². The molecule has 3 aromatic heterocycles. The molecule has 7 nitrogen and oxygen atoms in total. The number of aromatic amines is 1. The van der Waals surface area contributed by atoms with Crippen molar-refractivity contribution in [2.24, 2.45) is 0 Å². The second-order valence-corrected chi connectivity index (χ2v) is 5.45. The number of aromatic nitrogens is 4. The molecule has 0 unspecified atom stereocenters. The zero-order valence-electron chi connectivity index (χ0n) is 13.0. The number of hydrogen-bond donors (Lipinski definition) is 1. The van der Waals surface area contributed by atoms with Crippen LogP contribution in [0.4, 0.5) is 5.95 Å². The normalized spacial score (nSPS) is 11.0. The van der Waals surface area contributed by atoms with E-state index in [2.05, 4.69) is 15.1 Å². The highest BCUT2D eigenvalue weighted by atomic mass is 16.3. The molecule has 0 bridgehead atoms. The minimum Gasteiger partial charge on any atom is -0.467 e. The maximum absolute atomic E-state index is 12.4. The van der Waals surface area contributed by atoms with Crippen LogP contribution in [0.2, 0.25) is 0 Å². The number of hydrogen-bond acceptors (Lipinski definition) is 5. The van der Waals surface area contributed by atoms with Gasteiger partial charge in [0.1, 0.15) is 11.1 Å². The Hall–Kier alpha value is -3.35. The predicted octanol–water partition coefficient (Wildman–Crippen LogP) is 2.34. The summed E-state index contributed by atoms with van der Waals surface area (Å²) >= 11 is 0. The van der Waals surface area contributed by atoms with Crippen molar-refractivity contribution in [2.45, 2.75) is 6.54 Å². The molecule has 0 aliphatic rings. The summed E-state index contributed by atoms with van der Waals surface area (Å²) in [4.78, 5) is 21.5. The molecule has 1 aromatic carbocycles. The summed E-state index contributed by atoms with van der Waals surface area (Å²) in [6.07, 6.45) is 3.15. The third-order valence-corrected chi connectivity index (χ3v) is 3.76. The van der Waals surface area contributed by atoms with E-state index in [4.69, 9.17) is 4.42 Å². The standard InChI is InChI=1S/C17H15N5O2/c1-21(11-13-8-5-9-24-13)17-19-15-14(16(23)20-17)10-18-22(15)12-6-3-2-4-7-12/h2-10H,11H2,1H3,(H,19,20,23). The first-order chi connectivity index (χ1) is 11.7. The van der Waals surface area contributed by atoms with Crippen LogP contribution in [-0.2, 0) is 6.54 Å². The number of nitrogens with zero attached hydrogens (tertiary/aromatic N) is 4. The smallest absolute Gasteiger partial charge is 0.263 e. The van der Waals surface area contributed by atoms with Gasteiger partial charge in [-0.3, -0.25) is 9.78 Å². The molecule has 120 valence electrons. The zero-order chi connectivity index (χ0) is 16.5. The minimum atomic E-state index is -0.219. The van der Waals surface area contributed by atoms with Crippen LogP contribution in [0, 0.1) is 0 Å². The number of H-pyrrole nitrogens is 1. The summed E-state index contributed by atoms with van der Waals surface area (Å²) in [6, 6.07) is 13.3. The van der Waals surface area contributed by atoms with Gasteiger partial charge < -0.3 is 9.32 Å². The van der Waals surface area contributed by atoms with Gasteiger partial charge >= 0.3 is 0 Å². The lowest BCUT2D eigenvalue weighted by Gasteiger charge is -2.16. The zero-order valence-corrected chi connectivity index (χ0v) is 13.0. The predicted molar refractivity (Wildman–Crippen MR) is 90.3 cm³/mol. The lowest BCUT2D eigenvalue weighted by Crippen LogP contribution is -2.22. The Kier molecular flexibility index (Phi) is 3.38. The molecule has 0 atom stereocenters. The SMILES string of the molecule is CN(Cc1ccco1)c1nc2c(cnn2-c2ccccc2)c(=O)[nH]1. The second kappa shape index (κ2) is 5.69. The van der Waals surface area contributed by atoms with E-state index in [9.17, 15) is 4.79 Å². The number of anilines is 1. The fraction of sp³-hybridized carbons (Fsp3) is 0.118. The van der Waals surface area contributed by atoms with Gasteiger partial charge in [0.05, 0.1) is 24.7 Å². The van der Waals surface area contributed by atoms with Crippen LogP contribution in [0.3, 0.4) is 0 Å². The Labute approximate surface area is 137 Å². The Morgan fingerprint density at radius 2 is 2.04 bits per heavy atom. The van der Waals surface area contributed by atoms with Crippen LogP contribution in [0.25, 0.3) is 16.7 Å². The van der Waals surface area contributed by atoms with E-state index in [0.717, 1.165) is 11.4 Å². The van der Waals surface area contributed by atoms with Crippen LogP contribution in [0.5, 0.6) is 0 Å². The van der Waals surface area contributed by atoms with Crippen molar-refractivity contribution in [1.82, 2.24) is 19.7 Å². The largest absolute Gasteiger partial charge is 0.467 e. The summed E-state index contributed by atoms with van der Waals surface area (Å²) in [7, 11) is 1.84. The molecule has 24 heavy (non-hydrogen) atoms. The molecule has 7 heteroatoms. The van der Waals surface area contributed by atoms with Crippen molar-refractivity contribution in [3.8, 4) is 5.69 Å². The van der Waals surface area contributed by atoms with E-state index < -0.39 is 0 Å². The van der Waals surface area contributed by atoms with Gasteiger partial charge in [-0.25, -0.2) is 4.68 Å². The summed E-state index contributed by atoms with van der Waals surface area (Å²) in [5.41, 5.74) is 1.15. The first kappa shape index (κ1) is 14.3. The fourth-order valence-corrected chi connectivity index (χ4v) is 2.56. The van der Waals surface area contributed by atoms with Crippen molar-refractivity contribution < 1.29 is 4.42 Å². The molecule has 0 aliphatic heterocycles. The Balaban J connectivity index is 1.79. The summed E-state index contributed by atoms with van der Waals surface area (Å²) in [6.45, 7) is 0.501. The van der Waals surface area contributed by atoms with Gasteiger partial charge in [0.2, 0.25) is 5.95 Å². The summed E-state index contributed by atoms with van der Waals surface area (Å²) in [5.74, 6) is 1.25. The highest BCUT2D eigenvalue weighted by Crippen LogP contribution is 2.16. The third kappa shape index (κ3) is 2.45. The molecule has 0 radical (unpaired) electrons. The topological polar surface area (TPSA) is 79.9 Å². The molecule has 0 aliphatic carbocycles. The number of benzene rings is 1. The van der Waals surface area contributed by atoms with E-state index in [1.165, 1.54) is 6.20 Å². The van der Waals surface area contributed by atoms with Crippen LogP contribution in [0.15, 0.2) is 64.1 Å². The Bertz CT molecular complexity index is 1020. The molecule has 0 spiro atoms. The maximum Gasteiger partial charge on any atom is 0.263 e. The van der Waals surface area contributed by atoms with Crippen molar-refractivity contribution in [3.63, 3.8) is 0 Å².